The molecular formula is C16H16ClNO3. The SMILES string of the molecule is Oc1ccc(Cl)cc1CNc1ccc2c(c1)OCCCO2. The van der Waals surface area contributed by atoms with Crippen LogP contribution in [0.3, 0.4) is 0 Å². The minimum absolute atomic E-state index is 0.223. The lowest BCUT2D eigenvalue weighted by molar-refractivity contribution is 0.297. The monoisotopic (exact) mass is 305 g/mol. The summed E-state index contributed by atoms with van der Waals surface area (Å²) in [5.74, 6) is 1.73. The van der Waals surface area contributed by atoms with Gasteiger partial charge in [-0.2, -0.15) is 0 Å². The van der Waals surface area contributed by atoms with E-state index in [4.69, 9.17) is 21.1 Å². The molecule has 0 atom stereocenters. The molecule has 0 bridgehead atoms. The topological polar surface area (TPSA) is 50.7 Å². The predicted molar refractivity (Wildman–Crippen MR) is 82.5 cm³/mol. The molecule has 0 amide bonds. The highest BCUT2D eigenvalue weighted by Crippen LogP contribution is 2.32. The smallest absolute Gasteiger partial charge is 0.163 e. The Morgan fingerprint density at radius 2 is 1.86 bits per heavy atom. The minimum Gasteiger partial charge on any atom is -0.508 e. The number of halogens is 1. The number of phenols is 1. The number of benzene rings is 2. The molecule has 2 aromatic carbocycles. The van der Waals surface area contributed by atoms with Crippen LogP contribution in [0.2, 0.25) is 5.02 Å². The molecule has 2 N–H and O–H groups in total. The van der Waals surface area contributed by atoms with Crippen molar-refractivity contribution in [3.63, 3.8) is 0 Å². The largest absolute Gasteiger partial charge is 0.508 e. The Morgan fingerprint density at radius 3 is 2.71 bits per heavy atom. The summed E-state index contributed by atoms with van der Waals surface area (Å²) in [6.45, 7) is 1.81. The quantitative estimate of drug-likeness (QED) is 0.905. The molecule has 21 heavy (non-hydrogen) atoms. The van der Waals surface area contributed by atoms with Crippen molar-refractivity contribution in [2.24, 2.45) is 0 Å². The summed E-state index contributed by atoms with van der Waals surface area (Å²) >= 11 is 5.94. The molecule has 0 saturated carbocycles. The minimum atomic E-state index is 0.223. The summed E-state index contributed by atoms with van der Waals surface area (Å²) in [6.07, 6.45) is 0.883. The zero-order valence-corrected chi connectivity index (χ0v) is 12.2. The van der Waals surface area contributed by atoms with Crippen molar-refractivity contribution in [1.29, 1.82) is 0 Å². The number of aromatic hydroxyl groups is 1. The van der Waals surface area contributed by atoms with Crippen LogP contribution in [-0.2, 0) is 6.54 Å². The van der Waals surface area contributed by atoms with Crippen molar-refractivity contribution in [3.8, 4) is 17.2 Å². The van der Waals surface area contributed by atoms with E-state index in [-0.39, 0.29) is 5.75 Å². The molecule has 0 unspecified atom stereocenters. The molecule has 0 aromatic heterocycles. The van der Waals surface area contributed by atoms with Crippen LogP contribution in [0.25, 0.3) is 0 Å². The van der Waals surface area contributed by atoms with Gasteiger partial charge in [-0.3, -0.25) is 0 Å². The van der Waals surface area contributed by atoms with E-state index in [1.54, 1.807) is 18.2 Å². The number of fused-ring (bicyclic) bond motifs is 1. The van der Waals surface area contributed by atoms with Gasteiger partial charge in [-0.05, 0) is 30.3 Å². The van der Waals surface area contributed by atoms with Gasteiger partial charge in [0, 0.05) is 35.3 Å². The molecule has 1 heterocycles. The summed E-state index contributed by atoms with van der Waals surface area (Å²) in [4.78, 5) is 0. The molecule has 2 aromatic rings. The number of anilines is 1. The highest BCUT2D eigenvalue weighted by Gasteiger charge is 2.10. The molecule has 3 rings (SSSR count). The Kier molecular flexibility index (Phi) is 4.06. The Morgan fingerprint density at radius 1 is 1.05 bits per heavy atom. The van der Waals surface area contributed by atoms with Gasteiger partial charge in [0.2, 0.25) is 0 Å². The summed E-state index contributed by atoms with van der Waals surface area (Å²) in [6, 6.07) is 10.7. The number of nitrogens with one attached hydrogen (secondary N) is 1. The Balaban J connectivity index is 1.73. The van der Waals surface area contributed by atoms with Crippen molar-refractivity contribution in [3.05, 3.63) is 47.0 Å². The van der Waals surface area contributed by atoms with Crippen molar-refractivity contribution in [2.75, 3.05) is 18.5 Å². The second-order valence-electron chi connectivity index (χ2n) is 4.84. The second kappa shape index (κ2) is 6.14. The summed E-state index contributed by atoms with van der Waals surface area (Å²) in [7, 11) is 0. The third-order valence-electron chi connectivity index (χ3n) is 3.27. The molecule has 0 aliphatic carbocycles. The van der Waals surface area contributed by atoms with Gasteiger partial charge in [0.05, 0.1) is 13.2 Å². The van der Waals surface area contributed by atoms with Gasteiger partial charge in [-0.1, -0.05) is 11.6 Å². The molecule has 4 nitrogen and oxygen atoms in total. The zero-order chi connectivity index (χ0) is 14.7. The van der Waals surface area contributed by atoms with Crippen molar-refractivity contribution < 1.29 is 14.6 Å². The van der Waals surface area contributed by atoms with Gasteiger partial charge >= 0.3 is 0 Å². The normalized spacial score (nSPS) is 13.6. The van der Waals surface area contributed by atoms with E-state index in [0.29, 0.717) is 24.8 Å². The van der Waals surface area contributed by atoms with Crippen molar-refractivity contribution in [2.45, 2.75) is 13.0 Å². The van der Waals surface area contributed by atoms with Crippen LogP contribution >= 0.6 is 11.6 Å². The van der Waals surface area contributed by atoms with Crippen LogP contribution in [0.4, 0.5) is 5.69 Å². The van der Waals surface area contributed by atoms with E-state index < -0.39 is 0 Å². The Labute approximate surface area is 128 Å². The maximum Gasteiger partial charge on any atom is 0.163 e. The van der Waals surface area contributed by atoms with Crippen molar-refractivity contribution in [1.82, 2.24) is 0 Å². The highest BCUT2D eigenvalue weighted by atomic mass is 35.5. The molecule has 1 aliphatic rings. The van der Waals surface area contributed by atoms with E-state index in [0.717, 1.165) is 29.2 Å². The van der Waals surface area contributed by atoms with Gasteiger partial charge < -0.3 is 19.9 Å². The van der Waals surface area contributed by atoms with Gasteiger partial charge in [-0.25, -0.2) is 0 Å². The van der Waals surface area contributed by atoms with E-state index in [9.17, 15) is 5.11 Å². The fraction of sp³-hybridized carbons (Fsp3) is 0.250. The maximum absolute atomic E-state index is 9.80. The number of rotatable bonds is 3. The second-order valence-corrected chi connectivity index (χ2v) is 5.28. The molecule has 5 heteroatoms. The van der Waals surface area contributed by atoms with Crippen LogP contribution in [0, 0.1) is 0 Å². The third kappa shape index (κ3) is 3.34. The number of phenolic OH excluding ortho intramolecular Hbond substituents is 1. The lowest BCUT2D eigenvalue weighted by Crippen LogP contribution is -2.00. The average molecular weight is 306 g/mol. The molecule has 0 radical (unpaired) electrons. The van der Waals surface area contributed by atoms with Crippen LogP contribution in [0.5, 0.6) is 17.2 Å². The number of hydrogen-bond acceptors (Lipinski definition) is 4. The van der Waals surface area contributed by atoms with Crippen LogP contribution < -0.4 is 14.8 Å². The Bertz CT molecular complexity index is 645. The number of hydrogen-bond donors (Lipinski definition) is 2. The fourth-order valence-electron chi connectivity index (χ4n) is 2.17. The molecule has 1 aliphatic heterocycles. The summed E-state index contributed by atoms with van der Waals surface area (Å²) in [5, 5.41) is 13.6. The first-order valence-electron chi connectivity index (χ1n) is 6.83. The predicted octanol–water partition coefficient (Wildman–Crippen LogP) is 3.82. The lowest BCUT2D eigenvalue weighted by atomic mass is 10.2. The molecule has 0 spiro atoms. The highest BCUT2D eigenvalue weighted by molar-refractivity contribution is 6.30. The van der Waals surface area contributed by atoms with Gasteiger partial charge in [0.1, 0.15) is 5.75 Å². The molecule has 0 saturated heterocycles. The summed E-state index contributed by atoms with van der Waals surface area (Å²) in [5.41, 5.74) is 1.65. The Hall–Kier alpha value is -2.07. The van der Waals surface area contributed by atoms with E-state index in [1.165, 1.54) is 0 Å². The lowest BCUT2D eigenvalue weighted by Gasteiger charge is -2.12. The van der Waals surface area contributed by atoms with E-state index in [2.05, 4.69) is 5.32 Å². The van der Waals surface area contributed by atoms with E-state index in [1.807, 2.05) is 18.2 Å². The molecule has 0 fully saturated rings. The van der Waals surface area contributed by atoms with Gasteiger partial charge in [0.25, 0.3) is 0 Å². The average Bonchev–Trinajstić information content (AvgIpc) is 2.73. The van der Waals surface area contributed by atoms with Crippen LogP contribution in [0.15, 0.2) is 36.4 Å². The summed E-state index contributed by atoms with van der Waals surface area (Å²) < 4.78 is 11.2. The first-order valence-corrected chi connectivity index (χ1v) is 7.21. The van der Waals surface area contributed by atoms with Gasteiger partial charge in [-0.15, -0.1) is 0 Å². The first-order chi connectivity index (χ1) is 10.2. The van der Waals surface area contributed by atoms with Crippen LogP contribution in [-0.4, -0.2) is 18.3 Å². The zero-order valence-electron chi connectivity index (χ0n) is 11.4. The fourth-order valence-corrected chi connectivity index (χ4v) is 2.36. The standard InChI is InChI=1S/C16H16ClNO3/c17-12-2-4-14(19)11(8-12)10-18-13-3-5-15-16(9-13)21-7-1-6-20-15/h2-5,8-9,18-19H,1,6-7,10H2. The molecular weight excluding hydrogens is 290 g/mol. The molecule has 110 valence electrons. The van der Waals surface area contributed by atoms with Crippen molar-refractivity contribution >= 4 is 17.3 Å². The van der Waals surface area contributed by atoms with E-state index >= 15 is 0 Å². The van der Waals surface area contributed by atoms with Gasteiger partial charge in [0.15, 0.2) is 11.5 Å². The maximum atomic E-state index is 9.80. The number of ether oxygens (including phenoxy) is 2. The first kappa shape index (κ1) is 13.9. The van der Waals surface area contributed by atoms with Crippen LogP contribution in [0.1, 0.15) is 12.0 Å². The third-order valence-corrected chi connectivity index (χ3v) is 3.51.